The average molecular weight is 418 g/mol. The molecule has 0 spiro atoms. The highest BCUT2D eigenvalue weighted by atomic mass is 16.7. The molecule has 2 heterocycles. The Labute approximate surface area is 174 Å². The number of benzene rings is 1. The van der Waals surface area contributed by atoms with Crippen LogP contribution in [-0.2, 0) is 35.0 Å². The van der Waals surface area contributed by atoms with Gasteiger partial charge in [0.2, 0.25) is 5.88 Å². The Hall–Kier alpha value is -2.78. The largest absolute Gasteiger partial charge is 0.474 e. The fourth-order valence-electron chi connectivity index (χ4n) is 2.95. The van der Waals surface area contributed by atoms with E-state index >= 15 is 0 Å². The molecule has 9 nitrogen and oxygen atoms in total. The second-order valence-electron chi connectivity index (χ2n) is 6.69. The molecule has 1 aromatic carbocycles. The van der Waals surface area contributed by atoms with Crippen molar-refractivity contribution in [2.45, 2.75) is 38.9 Å². The lowest BCUT2D eigenvalue weighted by molar-refractivity contribution is -0.165. The molecule has 0 bridgehead atoms. The third-order valence-corrected chi connectivity index (χ3v) is 4.36. The van der Waals surface area contributed by atoms with Crippen LogP contribution < -0.4 is 4.74 Å². The standard InChI is InChI=1S/C21H26N2O7/c1-2-26-20(25)14-30-19(24)12-15-6-7-16-17(11-15)23-18(13-22-16)27-9-10-29-21-5-3-4-8-28-21/h6-7,11,13,21H,2-5,8-10,12,14H2,1H3. The van der Waals surface area contributed by atoms with Crippen LogP contribution in [0.25, 0.3) is 11.0 Å². The number of carbonyl (C=O) groups excluding carboxylic acids is 2. The summed E-state index contributed by atoms with van der Waals surface area (Å²) in [5.41, 5.74) is 1.97. The van der Waals surface area contributed by atoms with E-state index in [-0.39, 0.29) is 19.3 Å². The van der Waals surface area contributed by atoms with Crippen molar-refractivity contribution in [1.29, 1.82) is 0 Å². The number of hydrogen-bond acceptors (Lipinski definition) is 9. The summed E-state index contributed by atoms with van der Waals surface area (Å²) in [5, 5.41) is 0. The summed E-state index contributed by atoms with van der Waals surface area (Å²) < 4.78 is 26.4. The monoisotopic (exact) mass is 418 g/mol. The van der Waals surface area contributed by atoms with Crippen LogP contribution in [-0.4, -0.2) is 61.2 Å². The van der Waals surface area contributed by atoms with Crippen LogP contribution in [0.15, 0.2) is 24.4 Å². The van der Waals surface area contributed by atoms with Gasteiger partial charge in [-0.25, -0.2) is 14.8 Å². The molecule has 2 aromatic rings. The Morgan fingerprint density at radius 1 is 1.13 bits per heavy atom. The zero-order valence-corrected chi connectivity index (χ0v) is 17.0. The summed E-state index contributed by atoms with van der Waals surface area (Å²) in [7, 11) is 0. The molecular weight excluding hydrogens is 392 g/mol. The molecule has 30 heavy (non-hydrogen) atoms. The quantitative estimate of drug-likeness (QED) is 0.424. The van der Waals surface area contributed by atoms with E-state index in [1.54, 1.807) is 31.3 Å². The van der Waals surface area contributed by atoms with E-state index in [0.29, 0.717) is 35.7 Å². The normalized spacial score (nSPS) is 16.2. The first-order valence-electron chi connectivity index (χ1n) is 10.1. The Bertz CT molecular complexity index is 852. The van der Waals surface area contributed by atoms with Gasteiger partial charge >= 0.3 is 11.9 Å². The maximum Gasteiger partial charge on any atom is 0.344 e. The number of hydrogen-bond donors (Lipinski definition) is 0. The molecule has 1 atom stereocenters. The molecule has 0 amide bonds. The van der Waals surface area contributed by atoms with Crippen LogP contribution in [0.4, 0.5) is 0 Å². The van der Waals surface area contributed by atoms with Crippen molar-refractivity contribution in [3.63, 3.8) is 0 Å². The lowest BCUT2D eigenvalue weighted by Gasteiger charge is -2.22. The lowest BCUT2D eigenvalue weighted by Crippen LogP contribution is -2.24. The summed E-state index contributed by atoms with van der Waals surface area (Å²) >= 11 is 0. The maximum absolute atomic E-state index is 11.9. The van der Waals surface area contributed by atoms with Crippen LogP contribution >= 0.6 is 0 Å². The van der Waals surface area contributed by atoms with E-state index in [0.717, 1.165) is 25.9 Å². The topological polar surface area (TPSA) is 106 Å². The molecular formula is C21H26N2O7. The highest BCUT2D eigenvalue weighted by Gasteiger charge is 2.14. The van der Waals surface area contributed by atoms with Gasteiger partial charge in [-0.3, -0.25) is 4.79 Å². The SMILES string of the molecule is CCOC(=O)COC(=O)Cc1ccc2ncc(OCCOC3CCCCO3)nc2c1. The molecule has 1 aliphatic heterocycles. The van der Waals surface area contributed by atoms with Crippen molar-refractivity contribution in [1.82, 2.24) is 9.97 Å². The maximum atomic E-state index is 11.9. The fourth-order valence-corrected chi connectivity index (χ4v) is 2.95. The van der Waals surface area contributed by atoms with Gasteiger partial charge in [0.1, 0.15) is 6.61 Å². The minimum absolute atomic E-state index is 0.0112. The Morgan fingerprint density at radius 3 is 2.83 bits per heavy atom. The van der Waals surface area contributed by atoms with Crippen molar-refractivity contribution >= 4 is 23.0 Å². The fraction of sp³-hybridized carbons (Fsp3) is 0.524. The molecule has 1 unspecified atom stereocenters. The molecule has 1 fully saturated rings. The summed E-state index contributed by atoms with van der Waals surface area (Å²) in [4.78, 5) is 31.9. The highest BCUT2D eigenvalue weighted by molar-refractivity contribution is 5.80. The number of esters is 2. The van der Waals surface area contributed by atoms with E-state index in [4.69, 9.17) is 23.7 Å². The Kier molecular flexibility index (Phi) is 8.34. The summed E-state index contributed by atoms with van der Waals surface area (Å²) in [5.74, 6) is -0.724. The minimum Gasteiger partial charge on any atom is -0.474 e. The van der Waals surface area contributed by atoms with Crippen LogP contribution in [0.3, 0.4) is 0 Å². The van der Waals surface area contributed by atoms with E-state index in [2.05, 4.69) is 9.97 Å². The summed E-state index contributed by atoms with van der Waals surface area (Å²) in [6.07, 6.45) is 4.50. The van der Waals surface area contributed by atoms with Gasteiger partial charge in [0, 0.05) is 6.61 Å². The summed E-state index contributed by atoms with van der Waals surface area (Å²) in [6.45, 7) is 3.00. The van der Waals surface area contributed by atoms with Crippen LogP contribution in [0, 0.1) is 0 Å². The number of rotatable bonds is 10. The number of ether oxygens (including phenoxy) is 5. The molecule has 3 rings (SSSR count). The second-order valence-corrected chi connectivity index (χ2v) is 6.69. The number of fused-ring (bicyclic) bond motifs is 1. The predicted octanol–water partition coefficient (Wildman–Crippen LogP) is 2.20. The molecule has 0 saturated carbocycles. The first-order chi connectivity index (χ1) is 14.6. The number of carbonyl (C=O) groups is 2. The summed E-state index contributed by atoms with van der Waals surface area (Å²) in [6, 6.07) is 5.28. The third kappa shape index (κ3) is 6.93. The number of nitrogens with zero attached hydrogens (tertiary/aromatic N) is 2. The smallest absolute Gasteiger partial charge is 0.344 e. The zero-order chi connectivity index (χ0) is 21.2. The molecule has 162 valence electrons. The van der Waals surface area contributed by atoms with Crippen molar-refractivity contribution in [3.8, 4) is 5.88 Å². The first kappa shape index (κ1) is 21.9. The van der Waals surface area contributed by atoms with Crippen molar-refractivity contribution in [2.24, 2.45) is 0 Å². The predicted molar refractivity (Wildman–Crippen MR) is 106 cm³/mol. The highest BCUT2D eigenvalue weighted by Crippen LogP contribution is 2.17. The van der Waals surface area contributed by atoms with Gasteiger partial charge < -0.3 is 23.7 Å². The molecule has 0 N–H and O–H groups in total. The van der Waals surface area contributed by atoms with Crippen LogP contribution in [0.2, 0.25) is 0 Å². The Balaban J connectivity index is 1.49. The van der Waals surface area contributed by atoms with E-state index < -0.39 is 18.5 Å². The van der Waals surface area contributed by atoms with Crippen molar-refractivity contribution in [3.05, 3.63) is 30.0 Å². The van der Waals surface area contributed by atoms with Gasteiger partial charge in [0.15, 0.2) is 12.9 Å². The molecule has 0 radical (unpaired) electrons. The first-order valence-corrected chi connectivity index (χ1v) is 10.1. The van der Waals surface area contributed by atoms with E-state index in [1.807, 2.05) is 0 Å². The van der Waals surface area contributed by atoms with Gasteiger partial charge in [-0.15, -0.1) is 0 Å². The second kappa shape index (κ2) is 11.4. The molecule has 1 saturated heterocycles. The molecule has 1 aromatic heterocycles. The average Bonchev–Trinajstić information content (AvgIpc) is 2.76. The van der Waals surface area contributed by atoms with Crippen LogP contribution in [0.1, 0.15) is 31.7 Å². The van der Waals surface area contributed by atoms with Gasteiger partial charge in [-0.2, -0.15) is 0 Å². The number of aromatic nitrogens is 2. The lowest BCUT2D eigenvalue weighted by atomic mass is 10.1. The van der Waals surface area contributed by atoms with Crippen LogP contribution in [0.5, 0.6) is 5.88 Å². The molecule has 0 aliphatic carbocycles. The zero-order valence-electron chi connectivity index (χ0n) is 17.0. The van der Waals surface area contributed by atoms with Gasteiger partial charge in [0.25, 0.3) is 0 Å². The van der Waals surface area contributed by atoms with Crippen molar-refractivity contribution in [2.75, 3.05) is 33.0 Å². The van der Waals surface area contributed by atoms with Gasteiger partial charge in [-0.05, 0) is 43.9 Å². The third-order valence-electron chi connectivity index (χ3n) is 4.36. The minimum atomic E-state index is -0.573. The Morgan fingerprint density at radius 2 is 2.03 bits per heavy atom. The molecule has 1 aliphatic rings. The van der Waals surface area contributed by atoms with E-state index in [1.165, 1.54) is 0 Å². The van der Waals surface area contributed by atoms with Crippen molar-refractivity contribution < 1.29 is 33.3 Å². The van der Waals surface area contributed by atoms with E-state index in [9.17, 15) is 9.59 Å². The van der Waals surface area contributed by atoms with Gasteiger partial charge in [0.05, 0.1) is 36.9 Å². The van der Waals surface area contributed by atoms with Gasteiger partial charge in [-0.1, -0.05) is 6.07 Å². The molecule has 9 heteroatoms.